The van der Waals surface area contributed by atoms with Crippen molar-refractivity contribution < 1.29 is 9.53 Å². The maximum absolute atomic E-state index is 11.4. The SMILES string of the molecule is [C-]#[N+]/C(=C/c1ccc(N(C)C)cc1)C(=O)OCC. The highest BCUT2D eigenvalue weighted by Gasteiger charge is 2.10. The molecule has 1 aromatic rings. The molecular weight excluding hydrogens is 228 g/mol. The highest BCUT2D eigenvalue weighted by molar-refractivity contribution is 5.95. The van der Waals surface area contributed by atoms with Crippen molar-refractivity contribution >= 4 is 17.7 Å². The van der Waals surface area contributed by atoms with Gasteiger partial charge in [0.05, 0.1) is 13.2 Å². The van der Waals surface area contributed by atoms with Crippen molar-refractivity contribution in [2.75, 3.05) is 25.6 Å². The number of benzene rings is 1. The lowest BCUT2D eigenvalue weighted by atomic mass is 10.1. The van der Waals surface area contributed by atoms with E-state index in [1.807, 2.05) is 43.3 Å². The van der Waals surface area contributed by atoms with Gasteiger partial charge < -0.3 is 9.64 Å². The van der Waals surface area contributed by atoms with Gasteiger partial charge in [-0.15, -0.1) is 0 Å². The zero-order valence-electron chi connectivity index (χ0n) is 10.8. The molecule has 4 heteroatoms. The summed E-state index contributed by atoms with van der Waals surface area (Å²) in [5.41, 5.74) is 1.86. The van der Waals surface area contributed by atoms with Crippen molar-refractivity contribution in [3.63, 3.8) is 0 Å². The normalized spacial score (nSPS) is 10.7. The first kappa shape index (κ1) is 13.8. The van der Waals surface area contributed by atoms with Gasteiger partial charge in [-0.1, -0.05) is 12.1 Å². The van der Waals surface area contributed by atoms with E-state index in [4.69, 9.17) is 11.3 Å². The van der Waals surface area contributed by atoms with E-state index in [9.17, 15) is 4.79 Å². The fourth-order valence-corrected chi connectivity index (χ4v) is 1.37. The summed E-state index contributed by atoms with van der Waals surface area (Å²) < 4.78 is 4.80. The van der Waals surface area contributed by atoms with Gasteiger partial charge in [0.25, 0.3) is 5.70 Å². The number of hydrogen-bond donors (Lipinski definition) is 0. The van der Waals surface area contributed by atoms with Crippen LogP contribution in [0.1, 0.15) is 12.5 Å². The first-order valence-corrected chi connectivity index (χ1v) is 5.62. The molecule has 0 atom stereocenters. The van der Waals surface area contributed by atoms with Gasteiger partial charge in [-0.3, -0.25) is 4.79 Å². The number of anilines is 1. The number of carbonyl (C=O) groups excluding carboxylic acids is 1. The maximum Gasteiger partial charge on any atom is 0.336 e. The number of nitrogens with zero attached hydrogens (tertiary/aromatic N) is 2. The molecular formula is C14H16N2O2. The molecule has 0 bridgehead atoms. The Hall–Kier alpha value is -2.28. The second kappa shape index (κ2) is 6.45. The van der Waals surface area contributed by atoms with Gasteiger partial charge in [-0.2, -0.15) is 0 Å². The largest absolute Gasteiger partial charge is 0.471 e. The van der Waals surface area contributed by atoms with Gasteiger partial charge in [0.1, 0.15) is 0 Å². The fourth-order valence-electron chi connectivity index (χ4n) is 1.37. The van der Waals surface area contributed by atoms with Crippen molar-refractivity contribution in [3.05, 3.63) is 46.9 Å². The molecule has 1 rings (SSSR count). The minimum atomic E-state index is -0.579. The van der Waals surface area contributed by atoms with Gasteiger partial charge in [0.2, 0.25) is 0 Å². The van der Waals surface area contributed by atoms with Gasteiger partial charge >= 0.3 is 5.97 Å². The van der Waals surface area contributed by atoms with Crippen molar-refractivity contribution in [3.8, 4) is 0 Å². The van der Waals surface area contributed by atoms with Crippen LogP contribution >= 0.6 is 0 Å². The van der Waals surface area contributed by atoms with Crippen LogP contribution in [0.3, 0.4) is 0 Å². The van der Waals surface area contributed by atoms with E-state index in [1.165, 1.54) is 6.08 Å². The smallest absolute Gasteiger partial charge is 0.336 e. The van der Waals surface area contributed by atoms with Crippen molar-refractivity contribution in [2.45, 2.75) is 6.92 Å². The summed E-state index contributed by atoms with van der Waals surface area (Å²) in [7, 11) is 3.90. The third-order valence-electron chi connectivity index (χ3n) is 2.32. The van der Waals surface area contributed by atoms with Crippen LogP contribution in [0, 0.1) is 6.57 Å². The number of ether oxygens (including phenoxy) is 1. The number of rotatable bonds is 4. The van der Waals surface area contributed by atoms with E-state index >= 15 is 0 Å². The average Bonchev–Trinajstić information content (AvgIpc) is 2.36. The Balaban J connectivity index is 2.93. The summed E-state index contributed by atoms with van der Waals surface area (Å²) in [5.74, 6) is -0.579. The Kier molecular flexibility index (Phi) is 4.94. The molecule has 0 spiro atoms. The predicted molar refractivity (Wildman–Crippen MR) is 72.0 cm³/mol. The molecule has 0 heterocycles. The number of hydrogen-bond acceptors (Lipinski definition) is 3. The standard InChI is InChI=1S/C14H16N2O2/c1-5-18-14(17)13(15-2)10-11-6-8-12(9-7-11)16(3)4/h6-10H,5H2,1,3-4H3/b13-10+. The predicted octanol–water partition coefficient (Wildman–Crippen LogP) is 2.58. The molecule has 0 fully saturated rings. The van der Waals surface area contributed by atoms with E-state index in [2.05, 4.69) is 4.85 Å². The topological polar surface area (TPSA) is 33.9 Å². The third-order valence-corrected chi connectivity index (χ3v) is 2.32. The Morgan fingerprint density at radius 2 is 2.00 bits per heavy atom. The number of esters is 1. The number of carbonyl (C=O) groups is 1. The van der Waals surface area contributed by atoms with Crippen molar-refractivity contribution in [1.82, 2.24) is 0 Å². The average molecular weight is 244 g/mol. The summed E-state index contributed by atoms with van der Waals surface area (Å²) >= 11 is 0. The Morgan fingerprint density at radius 1 is 1.39 bits per heavy atom. The lowest BCUT2D eigenvalue weighted by molar-refractivity contribution is -0.138. The van der Waals surface area contributed by atoms with Crippen LogP contribution in [-0.2, 0) is 9.53 Å². The van der Waals surface area contributed by atoms with E-state index in [0.717, 1.165) is 11.3 Å². The van der Waals surface area contributed by atoms with Gasteiger partial charge in [0.15, 0.2) is 0 Å². The first-order valence-electron chi connectivity index (χ1n) is 5.62. The summed E-state index contributed by atoms with van der Waals surface area (Å²) in [6, 6.07) is 7.58. The summed E-state index contributed by atoms with van der Waals surface area (Å²) in [6.07, 6.45) is 1.53. The highest BCUT2D eigenvalue weighted by Crippen LogP contribution is 2.15. The molecule has 18 heavy (non-hydrogen) atoms. The fraction of sp³-hybridized carbons (Fsp3) is 0.286. The first-order chi connectivity index (χ1) is 8.58. The molecule has 1 aromatic carbocycles. The van der Waals surface area contributed by atoms with Crippen LogP contribution in [0.2, 0.25) is 0 Å². The zero-order chi connectivity index (χ0) is 13.5. The maximum atomic E-state index is 11.4. The molecule has 0 aliphatic carbocycles. The van der Waals surface area contributed by atoms with Gasteiger partial charge in [0, 0.05) is 19.8 Å². The van der Waals surface area contributed by atoms with Crippen molar-refractivity contribution in [1.29, 1.82) is 0 Å². The van der Waals surface area contributed by atoms with Gasteiger partial charge in [-0.25, -0.2) is 4.85 Å². The molecule has 0 aliphatic rings. The molecule has 0 saturated carbocycles. The Bertz CT molecular complexity index is 482. The Labute approximate surface area is 107 Å². The van der Waals surface area contributed by atoms with E-state index in [0.29, 0.717) is 0 Å². The Morgan fingerprint density at radius 3 is 2.44 bits per heavy atom. The van der Waals surface area contributed by atoms with E-state index in [-0.39, 0.29) is 12.3 Å². The molecule has 0 unspecified atom stereocenters. The quantitative estimate of drug-likeness (QED) is 0.464. The molecule has 0 saturated heterocycles. The van der Waals surface area contributed by atoms with Crippen LogP contribution in [0.5, 0.6) is 0 Å². The van der Waals surface area contributed by atoms with E-state index in [1.54, 1.807) is 6.92 Å². The monoisotopic (exact) mass is 244 g/mol. The molecule has 4 nitrogen and oxygen atoms in total. The minimum Gasteiger partial charge on any atom is -0.471 e. The van der Waals surface area contributed by atoms with Crippen LogP contribution in [0.25, 0.3) is 10.9 Å². The van der Waals surface area contributed by atoms with Crippen LogP contribution in [0.15, 0.2) is 30.0 Å². The minimum absolute atomic E-state index is 0.00514. The highest BCUT2D eigenvalue weighted by atomic mass is 16.5. The third kappa shape index (κ3) is 3.63. The summed E-state index contributed by atoms with van der Waals surface area (Å²) in [5, 5.41) is 0. The molecule has 0 aliphatic heterocycles. The lowest BCUT2D eigenvalue weighted by Crippen LogP contribution is -2.08. The second-order valence-electron chi connectivity index (χ2n) is 3.85. The lowest BCUT2D eigenvalue weighted by Gasteiger charge is -2.11. The summed E-state index contributed by atoms with van der Waals surface area (Å²) in [6.45, 7) is 8.96. The molecule has 0 aromatic heterocycles. The molecule has 94 valence electrons. The summed E-state index contributed by atoms with van der Waals surface area (Å²) in [4.78, 5) is 16.6. The molecule has 0 amide bonds. The zero-order valence-corrected chi connectivity index (χ0v) is 10.8. The second-order valence-corrected chi connectivity index (χ2v) is 3.85. The van der Waals surface area contributed by atoms with Crippen molar-refractivity contribution in [2.24, 2.45) is 0 Å². The van der Waals surface area contributed by atoms with Gasteiger partial charge in [-0.05, 0) is 30.7 Å². The van der Waals surface area contributed by atoms with Crippen LogP contribution in [0.4, 0.5) is 5.69 Å². The van der Waals surface area contributed by atoms with E-state index < -0.39 is 5.97 Å². The molecule has 0 radical (unpaired) electrons. The molecule has 0 N–H and O–H groups in total. The van der Waals surface area contributed by atoms with Crippen LogP contribution < -0.4 is 4.90 Å². The van der Waals surface area contributed by atoms with Crippen LogP contribution in [-0.4, -0.2) is 26.7 Å².